The number of benzene rings is 1. The second kappa shape index (κ2) is 4.69. The summed E-state index contributed by atoms with van der Waals surface area (Å²) in [6.45, 7) is 4.24. The van der Waals surface area contributed by atoms with Gasteiger partial charge < -0.3 is 5.11 Å². The predicted molar refractivity (Wildman–Crippen MR) is 70.5 cm³/mol. The van der Waals surface area contributed by atoms with Gasteiger partial charge >= 0.3 is 0 Å². The lowest BCUT2D eigenvalue weighted by atomic mass is 9.53. The van der Waals surface area contributed by atoms with Gasteiger partial charge in [-0.15, -0.1) is 0 Å². The fourth-order valence-corrected chi connectivity index (χ4v) is 3.57. The van der Waals surface area contributed by atoms with E-state index in [2.05, 4.69) is 29.8 Å². The van der Waals surface area contributed by atoms with Crippen molar-refractivity contribution in [2.45, 2.75) is 45.1 Å². The van der Waals surface area contributed by atoms with Crippen LogP contribution in [-0.4, -0.2) is 11.2 Å². The van der Waals surface area contributed by atoms with Gasteiger partial charge in [0.05, 0.1) is 10.6 Å². The molecule has 0 spiro atoms. The Labute approximate surface area is 110 Å². The molecule has 2 rings (SSSR count). The van der Waals surface area contributed by atoms with Crippen LogP contribution in [-0.2, 0) is 0 Å². The van der Waals surface area contributed by atoms with Crippen molar-refractivity contribution in [1.82, 2.24) is 0 Å². The first-order valence-electron chi connectivity index (χ1n) is 6.18. The zero-order chi connectivity index (χ0) is 12.6. The summed E-state index contributed by atoms with van der Waals surface area (Å²) in [5.41, 5.74) is 1.12. The monoisotopic (exact) mass is 300 g/mol. The summed E-state index contributed by atoms with van der Waals surface area (Å²) in [5, 5.41) is 10.0. The number of halogens is 2. The Morgan fingerprint density at radius 2 is 2.06 bits per heavy atom. The first kappa shape index (κ1) is 13.0. The first-order chi connectivity index (χ1) is 8.05. The maximum absolute atomic E-state index is 13.2. The fraction of sp³-hybridized carbons (Fsp3) is 0.571. The van der Waals surface area contributed by atoms with E-state index in [4.69, 9.17) is 0 Å². The van der Waals surface area contributed by atoms with E-state index < -0.39 is 0 Å². The molecule has 1 aromatic carbocycles. The van der Waals surface area contributed by atoms with Gasteiger partial charge in [0.1, 0.15) is 5.82 Å². The highest BCUT2D eigenvalue weighted by Crippen LogP contribution is 2.57. The summed E-state index contributed by atoms with van der Waals surface area (Å²) in [5.74, 6) is 0.122. The lowest BCUT2D eigenvalue weighted by Gasteiger charge is -2.54. The molecule has 1 fully saturated rings. The molecule has 1 saturated carbocycles. The van der Waals surface area contributed by atoms with Crippen LogP contribution in [0.15, 0.2) is 22.7 Å². The molecular weight excluding hydrogens is 283 g/mol. The maximum atomic E-state index is 13.2. The minimum Gasteiger partial charge on any atom is -0.393 e. The highest BCUT2D eigenvalue weighted by molar-refractivity contribution is 9.10. The molecule has 2 unspecified atom stereocenters. The Morgan fingerprint density at radius 1 is 1.41 bits per heavy atom. The summed E-state index contributed by atoms with van der Waals surface area (Å²) >= 11 is 3.23. The summed E-state index contributed by atoms with van der Waals surface area (Å²) in [7, 11) is 0. The fourth-order valence-electron chi connectivity index (χ4n) is 3.18. The molecule has 3 heteroatoms. The van der Waals surface area contributed by atoms with E-state index in [1.54, 1.807) is 0 Å². The van der Waals surface area contributed by atoms with Gasteiger partial charge in [0.2, 0.25) is 0 Å². The lowest BCUT2D eigenvalue weighted by Crippen LogP contribution is -2.50. The first-order valence-corrected chi connectivity index (χ1v) is 6.97. The molecule has 0 bridgehead atoms. The van der Waals surface area contributed by atoms with Crippen LogP contribution in [0.4, 0.5) is 4.39 Å². The van der Waals surface area contributed by atoms with Crippen LogP contribution in [0.3, 0.4) is 0 Å². The molecule has 2 atom stereocenters. The molecule has 0 aliphatic heterocycles. The number of hydrogen-bond donors (Lipinski definition) is 1. The molecule has 0 aromatic heterocycles. The van der Waals surface area contributed by atoms with Crippen molar-refractivity contribution in [3.05, 3.63) is 34.1 Å². The van der Waals surface area contributed by atoms with Gasteiger partial charge in [0.25, 0.3) is 0 Å². The topological polar surface area (TPSA) is 20.2 Å². The van der Waals surface area contributed by atoms with Crippen LogP contribution in [0, 0.1) is 11.2 Å². The predicted octanol–water partition coefficient (Wildman–Crippen LogP) is 4.24. The van der Waals surface area contributed by atoms with E-state index >= 15 is 0 Å². The van der Waals surface area contributed by atoms with E-state index in [0.29, 0.717) is 10.4 Å². The SMILES string of the molecule is CCC1(CC)C(O)CC1c1ccc(F)c(Br)c1. The van der Waals surface area contributed by atoms with Crippen LogP contribution < -0.4 is 0 Å². The minimum atomic E-state index is -0.229. The van der Waals surface area contributed by atoms with Crippen molar-refractivity contribution in [1.29, 1.82) is 0 Å². The Morgan fingerprint density at radius 3 is 2.53 bits per heavy atom. The van der Waals surface area contributed by atoms with E-state index in [-0.39, 0.29) is 17.3 Å². The molecule has 1 aliphatic carbocycles. The van der Waals surface area contributed by atoms with Gasteiger partial charge in [-0.05, 0) is 58.8 Å². The molecular formula is C14H18BrFO. The number of rotatable bonds is 3. The van der Waals surface area contributed by atoms with E-state index in [1.165, 1.54) is 6.07 Å². The van der Waals surface area contributed by atoms with Gasteiger partial charge in [-0.1, -0.05) is 19.9 Å². The van der Waals surface area contributed by atoms with Crippen LogP contribution in [0.25, 0.3) is 0 Å². The third-order valence-electron chi connectivity index (χ3n) is 4.48. The Balaban J connectivity index is 2.32. The Hall–Kier alpha value is -0.410. The summed E-state index contributed by atoms with van der Waals surface area (Å²) in [6.07, 6.45) is 2.50. The second-order valence-corrected chi connectivity index (χ2v) is 5.77. The normalized spacial score (nSPS) is 26.6. The quantitative estimate of drug-likeness (QED) is 0.885. The van der Waals surface area contributed by atoms with E-state index in [9.17, 15) is 9.50 Å². The molecule has 0 radical (unpaired) electrons. The van der Waals surface area contributed by atoms with E-state index in [1.807, 2.05) is 12.1 Å². The molecule has 1 nitrogen and oxygen atoms in total. The molecule has 1 aromatic rings. The molecule has 0 saturated heterocycles. The molecule has 0 heterocycles. The second-order valence-electron chi connectivity index (χ2n) is 4.92. The van der Waals surface area contributed by atoms with Gasteiger partial charge in [0, 0.05) is 5.41 Å². The number of hydrogen-bond acceptors (Lipinski definition) is 1. The smallest absolute Gasteiger partial charge is 0.137 e. The Kier molecular flexibility index (Phi) is 3.60. The minimum absolute atomic E-state index is 0.0166. The zero-order valence-electron chi connectivity index (χ0n) is 10.2. The van der Waals surface area contributed by atoms with Crippen molar-refractivity contribution < 1.29 is 9.50 Å². The van der Waals surface area contributed by atoms with Gasteiger partial charge in [0.15, 0.2) is 0 Å². The molecule has 94 valence electrons. The van der Waals surface area contributed by atoms with Crippen LogP contribution in [0.2, 0.25) is 0 Å². The number of aliphatic hydroxyl groups excluding tert-OH is 1. The van der Waals surface area contributed by atoms with Crippen LogP contribution >= 0.6 is 15.9 Å². The standard InChI is InChI=1S/C14H18BrFO/c1-3-14(4-2)10(8-13(14)17)9-5-6-12(16)11(15)7-9/h5-7,10,13,17H,3-4,8H2,1-2H3. The summed E-state index contributed by atoms with van der Waals surface area (Å²) in [4.78, 5) is 0. The average Bonchev–Trinajstić information content (AvgIpc) is 2.32. The third-order valence-corrected chi connectivity index (χ3v) is 5.09. The molecule has 1 aliphatic rings. The summed E-state index contributed by atoms with van der Waals surface area (Å²) in [6, 6.07) is 5.20. The molecule has 0 amide bonds. The van der Waals surface area contributed by atoms with Crippen molar-refractivity contribution in [2.24, 2.45) is 5.41 Å². The van der Waals surface area contributed by atoms with Crippen LogP contribution in [0.1, 0.15) is 44.6 Å². The zero-order valence-corrected chi connectivity index (χ0v) is 11.8. The van der Waals surface area contributed by atoms with Crippen molar-refractivity contribution in [3.8, 4) is 0 Å². The maximum Gasteiger partial charge on any atom is 0.137 e. The van der Waals surface area contributed by atoms with Gasteiger partial charge in [-0.25, -0.2) is 4.39 Å². The van der Waals surface area contributed by atoms with Crippen LogP contribution in [0.5, 0.6) is 0 Å². The average molecular weight is 301 g/mol. The Bertz CT molecular complexity index is 415. The number of aliphatic hydroxyl groups is 1. The summed E-state index contributed by atoms with van der Waals surface area (Å²) < 4.78 is 13.7. The molecule has 1 N–H and O–H groups in total. The van der Waals surface area contributed by atoms with Crippen molar-refractivity contribution in [3.63, 3.8) is 0 Å². The van der Waals surface area contributed by atoms with Crippen molar-refractivity contribution >= 4 is 15.9 Å². The lowest BCUT2D eigenvalue weighted by molar-refractivity contribution is -0.0932. The van der Waals surface area contributed by atoms with Gasteiger partial charge in [-0.2, -0.15) is 0 Å². The van der Waals surface area contributed by atoms with E-state index in [0.717, 1.165) is 24.8 Å². The van der Waals surface area contributed by atoms with Gasteiger partial charge in [-0.3, -0.25) is 0 Å². The highest BCUT2D eigenvalue weighted by atomic mass is 79.9. The highest BCUT2D eigenvalue weighted by Gasteiger charge is 2.52. The largest absolute Gasteiger partial charge is 0.393 e. The third kappa shape index (κ3) is 1.93. The van der Waals surface area contributed by atoms with Crippen molar-refractivity contribution in [2.75, 3.05) is 0 Å². The molecule has 17 heavy (non-hydrogen) atoms.